The maximum Gasteiger partial charge on any atom is 0.346 e. The molecular weight excluding hydrogens is 424 g/mol. The third-order valence-electron chi connectivity index (χ3n) is 5.69. The van der Waals surface area contributed by atoms with E-state index in [1.807, 2.05) is 6.07 Å². The quantitative estimate of drug-likeness (QED) is 0.622. The molecule has 30 heavy (non-hydrogen) atoms. The van der Waals surface area contributed by atoms with E-state index in [1.54, 1.807) is 49.5 Å². The number of aromatic carboxylic acids is 1. The van der Waals surface area contributed by atoms with E-state index in [2.05, 4.69) is 5.32 Å². The summed E-state index contributed by atoms with van der Waals surface area (Å²) in [5, 5.41) is 13.2. The Morgan fingerprint density at radius 3 is 2.60 bits per heavy atom. The first kappa shape index (κ1) is 18.8. The van der Waals surface area contributed by atoms with Crippen molar-refractivity contribution in [1.29, 1.82) is 0 Å². The lowest BCUT2D eigenvalue weighted by molar-refractivity contribution is -0.126. The predicted octanol–water partition coefficient (Wildman–Crippen LogP) is 4.37. The van der Waals surface area contributed by atoms with Gasteiger partial charge in [-0.3, -0.25) is 9.59 Å². The molecule has 1 aromatic heterocycles. The molecule has 0 saturated heterocycles. The molecule has 8 heteroatoms. The molecule has 0 bridgehead atoms. The number of nitrogens with zero attached hydrogens (tertiary/aromatic N) is 1. The second-order valence-electron chi connectivity index (χ2n) is 7.31. The topological polar surface area (TPSA) is 86.7 Å². The Labute approximate surface area is 180 Å². The zero-order valence-electron chi connectivity index (χ0n) is 15.7. The number of carboxylic acid groups (broad SMARTS) is 1. The molecule has 1 unspecified atom stereocenters. The van der Waals surface area contributed by atoms with Crippen LogP contribution in [0, 0.1) is 0 Å². The highest BCUT2D eigenvalue weighted by Gasteiger charge is 2.57. The fraction of sp³-hybridized carbons (Fsp3) is 0.136. The maximum absolute atomic E-state index is 13.6. The minimum absolute atomic E-state index is 0.0821. The van der Waals surface area contributed by atoms with Crippen molar-refractivity contribution in [1.82, 2.24) is 0 Å². The smallest absolute Gasteiger partial charge is 0.346 e. The molecule has 0 aliphatic carbocycles. The summed E-state index contributed by atoms with van der Waals surface area (Å²) in [5.41, 5.74) is 1.34. The number of carboxylic acids is 1. The molecule has 0 fully saturated rings. The standard InChI is InChI=1S/C22H15ClN2O4S/c1-25-17-12(8-5-9-13(17)23)22(21(25)29)10-14(26)24-16-15(11-6-3-2-4-7-11)18(20(27)28)30-19(16)22/h2-9H,10H2,1H3,(H,24,26)(H,27,28). The number of halogens is 1. The van der Waals surface area contributed by atoms with Gasteiger partial charge in [0, 0.05) is 12.6 Å². The summed E-state index contributed by atoms with van der Waals surface area (Å²) in [6.45, 7) is 0. The average Bonchev–Trinajstić information content (AvgIpc) is 3.20. The number of thiophene rings is 1. The van der Waals surface area contributed by atoms with Gasteiger partial charge < -0.3 is 15.3 Å². The Morgan fingerprint density at radius 2 is 1.90 bits per heavy atom. The van der Waals surface area contributed by atoms with Crippen LogP contribution in [-0.4, -0.2) is 29.9 Å². The predicted molar refractivity (Wildman–Crippen MR) is 116 cm³/mol. The molecule has 150 valence electrons. The molecule has 1 spiro atoms. The van der Waals surface area contributed by atoms with Gasteiger partial charge in [0.2, 0.25) is 11.8 Å². The number of rotatable bonds is 2. The van der Waals surface area contributed by atoms with E-state index < -0.39 is 11.4 Å². The van der Waals surface area contributed by atoms with Crippen LogP contribution in [-0.2, 0) is 15.0 Å². The van der Waals surface area contributed by atoms with E-state index in [0.29, 0.717) is 38.0 Å². The summed E-state index contributed by atoms with van der Waals surface area (Å²) in [5.74, 6) is -1.74. The highest BCUT2D eigenvalue weighted by atomic mass is 35.5. The molecule has 0 radical (unpaired) electrons. The molecule has 2 aliphatic heterocycles. The van der Waals surface area contributed by atoms with Crippen molar-refractivity contribution in [2.75, 3.05) is 17.3 Å². The number of carbonyl (C=O) groups excluding carboxylic acids is 2. The second-order valence-corrected chi connectivity index (χ2v) is 8.74. The third kappa shape index (κ3) is 2.33. The van der Waals surface area contributed by atoms with Gasteiger partial charge in [-0.1, -0.05) is 54.1 Å². The minimum Gasteiger partial charge on any atom is -0.477 e. The van der Waals surface area contributed by atoms with Gasteiger partial charge in [-0.25, -0.2) is 4.79 Å². The first-order chi connectivity index (χ1) is 14.4. The first-order valence-electron chi connectivity index (χ1n) is 9.19. The van der Waals surface area contributed by atoms with Crippen LogP contribution >= 0.6 is 22.9 Å². The molecular formula is C22H15ClN2O4S. The van der Waals surface area contributed by atoms with Gasteiger partial charge in [0.05, 0.1) is 27.7 Å². The van der Waals surface area contributed by atoms with Gasteiger partial charge in [-0.15, -0.1) is 11.3 Å². The van der Waals surface area contributed by atoms with Crippen LogP contribution in [0.1, 0.15) is 26.5 Å². The normalized spacial score (nSPS) is 19.6. The van der Waals surface area contributed by atoms with Gasteiger partial charge in [0.15, 0.2) is 0 Å². The van der Waals surface area contributed by atoms with Crippen LogP contribution in [0.25, 0.3) is 11.1 Å². The van der Waals surface area contributed by atoms with Crippen molar-refractivity contribution < 1.29 is 19.5 Å². The molecule has 0 saturated carbocycles. The number of amides is 2. The summed E-state index contributed by atoms with van der Waals surface area (Å²) in [6.07, 6.45) is -0.107. The van der Waals surface area contributed by atoms with E-state index in [1.165, 1.54) is 4.90 Å². The lowest BCUT2D eigenvalue weighted by Gasteiger charge is -2.32. The summed E-state index contributed by atoms with van der Waals surface area (Å²) in [6, 6.07) is 14.2. The van der Waals surface area contributed by atoms with Crippen LogP contribution < -0.4 is 10.2 Å². The number of hydrogen-bond acceptors (Lipinski definition) is 4. The Kier molecular flexibility index (Phi) is 4.03. The second kappa shape index (κ2) is 6.42. The van der Waals surface area contributed by atoms with Crippen molar-refractivity contribution >= 4 is 52.1 Å². The van der Waals surface area contributed by atoms with Gasteiger partial charge in [-0.2, -0.15) is 0 Å². The summed E-state index contributed by atoms with van der Waals surface area (Å²) < 4.78 is 0. The van der Waals surface area contributed by atoms with Gasteiger partial charge in [-0.05, 0) is 17.2 Å². The molecule has 2 amide bonds. The molecule has 3 heterocycles. The van der Waals surface area contributed by atoms with E-state index in [-0.39, 0.29) is 23.1 Å². The van der Waals surface area contributed by atoms with Crippen LogP contribution in [0.2, 0.25) is 5.02 Å². The number of fused-ring (bicyclic) bond motifs is 4. The van der Waals surface area contributed by atoms with Crippen molar-refractivity contribution in [3.05, 3.63) is 68.9 Å². The number of para-hydroxylation sites is 1. The Bertz CT molecular complexity index is 1250. The number of carbonyl (C=O) groups is 3. The van der Waals surface area contributed by atoms with Crippen LogP contribution in [0.15, 0.2) is 48.5 Å². The largest absolute Gasteiger partial charge is 0.477 e. The Balaban J connectivity index is 1.88. The monoisotopic (exact) mass is 438 g/mol. The molecule has 1 atom stereocenters. The SMILES string of the molecule is CN1C(=O)C2(CC(=O)Nc3c2sc(C(=O)O)c3-c2ccccc2)c2cccc(Cl)c21. The zero-order valence-corrected chi connectivity index (χ0v) is 17.3. The average molecular weight is 439 g/mol. The highest BCUT2D eigenvalue weighted by Crippen LogP contribution is 2.58. The van der Waals surface area contributed by atoms with Crippen LogP contribution in [0.5, 0.6) is 0 Å². The number of hydrogen-bond donors (Lipinski definition) is 2. The number of anilines is 2. The maximum atomic E-state index is 13.6. The van der Waals surface area contributed by atoms with Gasteiger partial charge in [0.25, 0.3) is 0 Å². The van der Waals surface area contributed by atoms with Crippen molar-refractivity contribution in [2.45, 2.75) is 11.8 Å². The Morgan fingerprint density at radius 1 is 1.17 bits per heavy atom. The summed E-state index contributed by atoms with van der Waals surface area (Å²) >= 11 is 7.43. The van der Waals surface area contributed by atoms with E-state index in [4.69, 9.17) is 11.6 Å². The van der Waals surface area contributed by atoms with Crippen molar-refractivity contribution in [2.24, 2.45) is 0 Å². The lowest BCUT2D eigenvalue weighted by atomic mass is 9.74. The minimum atomic E-state index is -1.30. The number of likely N-dealkylation sites (N-methyl/N-ethyl adjacent to an activating group) is 1. The van der Waals surface area contributed by atoms with E-state index in [9.17, 15) is 19.5 Å². The highest BCUT2D eigenvalue weighted by molar-refractivity contribution is 7.15. The third-order valence-corrected chi connectivity index (χ3v) is 7.34. The molecule has 3 aromatic rings. The van der Waals surface area contributed by atoms with E-state index in [0.717, 1.165) is 11.3 Å². The summed E-state index contributed by atoms with van der Waals surface area (Å²) in [4.78, 5) is 40.6. The van der Waals surface area contributed by atoms with Crippen molar-refractivity contribution in [3.8, 4) is 11.1 Å². The van der Waals surface area contributed by atoms with Crippen LogP contribution in [0.3, 0.4) is 0 Å². The van der Waals surface area contributed by atoms with Gasteiger partial charge in [0.1, 0.15) is 10.3 Å². The molecule has 6 nitrogen and oxygen atoms in total. The molecule has 5 rings (SSSR count). The summed E-state index contributed by atoms with van der Waals surface area (Å²) in [7, 11) is 1.62. The van der Waals surface area contributed by atoms with Crippen molar-refractivity contribution in [3.63, 3.8) is 0 Å². The number of nitrogens with one attached hydrogen (secondary N) is 1. The lowest BCUT2D eigenvalue weighted by Crippen LogP contribution is -2.45. The fourth-order valence-corrected chi connectivity index (χ4v) is 6.09. The molecule has 2 aromatic carbocycles. The van der Waals surface area contributed by atoms with Crippen LogP contribution in [0.4, 0.5) is 11.4 Å². The fourth-order valence-electron chi connectivity index (χ4n) is 4.48. The zero-order chi connectivity index (χ0) is 21.2. The molecule has 2 aliphatic rings. The van der Waals surface area contributed by atoms with Gasteiger partial charge >= 0.3 is 5.97 Å². The Hall–Kier alpha value is -3.16. The first-order valence-corrected chi connectivity index (χ1v) is 10.4. The van der Waals surface area contributed by atoms with E-state index >= 15 is 0 Å². The number of benzene rings is 2. The molecule has 2 N–H and O–H groups in total.